The molecule has 0 spiro atoms. The number of pyridine rings is 1. The van der Waals surface area contributed by atoms with Gasteiger partial charge in [-0.3, -0.25) is 4.79 Å². The van der Waals surface area contributed by atoms with Crippen molar-refractivity contribution in [1.29, 1.82) is 5.26 Å². The summed E-state index contributed by atoms with van der Waals surface area (Å²) in [5.41, 5.74) is 2.50. The Hall–Kier alpha value is -2.26. The molecule has 1 amide bonds. The quantitative estimate of drug-likeness (QED) is 0.848. The van der Waals surface area contributed by atoms with Crippen molar-refractivity contribution in [1.82, 2.24) is 14.9 Å². The van der Waals surface area contributed by atoms with E-state index < -0.39 is 0 Å². The van der Waals surface area contributed by atoms with Crippen LogP contribution < -0.4 is 0 Å². The Kier molecular flexibility index (Phi) is 4.39. The third-order valence-corrected chi connectivity index (χ3v) is 5.17. The molecule has 1 atom stereocenters. The average molecular weight is 326 g/mol. The van der Waals surface area contributed by atoms with Crippen molar-refractivity contribution in [2.24, 2.45) is 0 Å². The molecule has 0 aromatic carbocycles. The molecule has 1 aliphatic heterocycles. The summed E-state index contributed by atoms with van der Waals surface area (Å²) in [6, 6.07) is 5.43. The van der Waals surface area contributed by atoms with Gasteiger partial charge in [0.15, 0.2) is 0 Å². The van der Waals surface area contributed by atoms with Gasteiger partial charge in [-0.05, 0) is 45.2 Å². The van der Waals surface area contributed by atoms with E-state index in [1.165, 1.54) is 0 Å². The minimum atomic E-state index is -0.0739. The van der Waals surface area contributed by atoms with Crippen LogP contribution in [-0.4, -0.2) is 27.3 Å². The summed E-state index contributed by atoms with van der Waals surface area (Å²) in [6.45, 7) is 4.45. The second-order valence-corrected chi connectivity index (χ2v) is 6.67. The number of likely N-dealkylation sites (tertiary alicyclic amines) is 1. The Morgan fingerprint density at radius 3 is 2.83 bits per heavy atom. The largest absolute Gasteiger partial charge is 0.328 e. The monoisotopic (exact) mass is 326 g/mol. The summed E-state index contributed by atoms with van der Waals surface area (Å²) < 4.78 is 0. The number of carbonyl (C=O) groups excluding carboxylic acids is 1. The fourth-order valence-corrected chi connectivity index (χ4v) is 3.84. The zero-order valence-electron chi connectivity index (χ0n) is 13.2. The average Bonchev–Trinajstić information content (AvgIpc) is 3.00. The van der Waals surface area contributed by atoms with Crippen LogP contribution in [0.4, 0.5) is 0 Å². The number of nitriles is 1. The van der Waals surface area contributed by atoms with Gasteiger partial charge in [-0.15, -0.1) is 11.3 Å². The first kappa shape index (κ1) is 15.6. The van der Waals surface area contributed by atoms with E-state index in [1.54, 1.807) is 30.4 Å². The van der Waals surface area contributed by atoms with Crippen LogP contribution in [0.25, 0.3) is 0 Å². The van der Waals surface area contributed by atoms with E-state index in [0.29, 0.717) is 17.0 Å². The maximum atomic E-state index is 12.9. The van der Waals surface area contributed by atoms with E-state index in [9.17, 15) is 4.79 Å². The molecule has 1 saturated heterocycles. The molecule has 5 nitrogen and oxygen atoms in total. The highest BCUT2D eigenvalue weighted by atomic mass is 32.1. The van der Waals surface area contributed by atoms with Crippen LogP contribution in [0.15, 0.2) is 17.5 Å². The summed E-state index contributed by atoms with van der Waals surface area (Å²) in [5, 5.41) is 12.0. The summed E-state index contributed by atoms with van der Waals surface area (Å²) in [4.78, 5) is 23.7. The Bertz CT molecular complexity index is 777. The zero-order valence-corrected chi connectivity index (χ0v) is 14.1. The minimum Gasteiger partial charge on any atom is -0.328 e. The number of thiazole rings is 1. The number of carbonyl (C=O) groups is 1. The number of aryl methyl sites for hydroxylation is 2. The van der Waals surface area contributed by atoms with Gasteiger partial charge < -0.3 is 4.90 Å². The van der Waals surface area contributed by atoms with E-state index in [4.69, 9.17) is 5.26 Å². The number of rotatable bonds is 2. The van der Waals surface area contributed by atoms with Crippen molar-refractivity contribution >= 4 is 17.2 Å². The van der Waals surface area contributed by atoms with Gasteiger partial charge in [0, 0.05) is 17.6 Å². The summed E-state index contributed by atoms with van der Waals surface area (Å²) >= 11 is 1.61. The Balaban J connectivity index is 1.90. The fourth-order valence-electron chi connectivity index (χ4n) is 2.90. The van der Waals surface area contributed by atoms with Crippen molar-refractivity contribution in [3.63, 3.8) is 0 Å². The molecule has 6 heteroatoms. The highest BCUT2D eigenvalue weighted by Crippen LogP contribution is 2.33. The summed E-state index contributed by atoms with van der Waals surface area (Å²) in [7, 11) is 0. The molecule has 23 heavy (non-hydrogen) atoms. The molecular weight excluding hydrogens is 308 g/mol. The van der Waals surface area contributed by atoms with E-state index in [2.05, 4.69) is 16.0 Å². The molecule has 3 rings (SSSR count). The molecule has 1 aliphatic rings. The SMILES string of the molecule is Cc1csc([C@@H]2CCCCN2C(=O)c2ccc(C#N)c(C)n2)n1. The predicted octanol–water partition coefficient (Wildman–Crippen LogP) is 3.39. The Morgan fingerprint density at radius 2 is 2.17 bits per heavy atom. The molecule has 118 valence electrons. The van der Waals surface area contributed by atoms with Gasteiger partial charge in [0.25, 0.3) is 5.91 Å². The van der Waals surface area contributed by atoms with Crippen molar-refractivity contribution in [2.45, 2.75) is 39.2 Å². The van der Waals surface area contributed by atoms with Crippen LogP contribution >= 0.6 is 11.3 Å². The maximum absolute atomic E-state index is 12.9. The van der Waals surface area contributed by atoms with Gasteiger partial charge in [0.2, 0.25) is 0 Å². The molecule has 0 aliphatic carbocycles. The van der Waals surface area contributed by atoms with Gasteiger partial charge in [-0.25, -0.2) is 9.97 Å². The number of piperidine rings is 1. The Morgan fingerprint density at radius 1 is 1.35 bits per heavy atom. The smallest absolute Gasteiger partial charge is 0.273 e. The van der Waals surface area contributed by atoms with E-state index in [-0.39, 0.29) is 11.9 Å². The lowest BCUT2D eigenvalue weighted by Gasteiger charge is -2.34. The Labute approximate surface area is 139 Å². The van der Waals surface area contributed by atoms with Crippen molar-refractivity contribution in [2.75, 3.05) is 6.54 Å². The first-order chi connectivity index (χ1) is 11.1. The lowest BCUT2D eigenvalue weighted by Crippen LogP contribution is -2.39. The normalized spacial score (nSPS) is 17.8. The second kappa shape index (κ2) is 6.47. The predicted molar refractivity (Wildman–Crippen MR) is 88.2 cm³/mol. The molecule has 0 bridgehead atoms. The van der Waals surface area contributed by atoms with Crippen LogP contribution in [0.2, 0.25) is 0 Å². The number of amides is 1. The molecule has 1 fully saturated rings. The maximum Gasteiger partial charge on any atom is 0.273 e. The molecule has 0 saturated carbocycles. The molecule has 3 heterocycles. The third kappa shape index (κ3) is 3.10. The van der Waals surface area contributed by atoms with E-state index >= 15 is 0 Å². The molecular formula is C17H18N4OS. The summed E-state index contributed by atoms with van der Waals surface area (Å²) in [6.07, 6.45) is 3.04. The lowest BCUT2D eigenvalue weighted by molar-refractivity contribution is 0.0604. The number of hydrogen-bond acceptors (Lipinski definition) is 5. The van der Waals surface area contributed by atoms with Crippen LogP contribution in [0.1, 0.15) is 57.8 Å². The van der Waals surface area contributed by atoms with Crippen LogP contribution in [-0.2, 0) is 0 Å². The molecule has 0 N–H and O–H groups in total. The first-order valence-corrected chi connectivity index (χ1v) is 8.59. The molecule has 0 unspecified atom stereocenters. The number of aromatic nitrogens is 2. The van der Waals surface area contributed by atoms with E-state index in [1.807, 2.05) is 17.2 Å². The van der Waals surface area contributed by atoms with E-state index in [0.717, 1.165) is 36.5 Å². The van der Waals surface area contributed by atoms with Crippen LogP contribution in [0.3, 0.4) is 0 Å². The lowest BCUT2D eigenvalue weighted by atomic mass is 10.0. The number of nitrogens with zero attached hydrogens (tertiary/aromatic N) is 4. The highest BCUT2D eigenvalue weighted by Gasteiger charge is 2.31. The van der Waals surface area contributed by atoms with Gasteiger partial charge >= 0.3 is 0 Å². The van der Waals surface area contributed by atoms with Gasteiger partial charge in [0.1, 0.15) is 16.8 Å². The van der Waals surface area contributed by atoms with Crippen molar-refractivity contribution < 1.29 is 4.79 Å². The zero-order chi connectivity index (χ0) is 16.4. The minimum absolute atomic E-state index is 0.0349. The molecule has 2 aromatic heterocycles. The van der Waals surface area contributed by atoms with Crippen molar-refractivity contribution in [3.05, 3.63) is 45.2 Å². The van der Waals surface area contributed by atoms with Crippen molar-refractivity contribution in [3.8, 4) is 6.07 Å². The molecule has 2 aromatic rings. The number of hydrogen-bond donors (Lipinski definition) is 0. The van der Waals surface area contributed by atoms with Gasteiger partial charge in [0.05, 0.1) is 17.3 Å². The standard InChI is InChI=1S/C17H18N4OS/c1-11-10-23-16(19-11)15-5-3-4-8-21(15)17(22)14-7-6-13(9-18)12(2)20-14/h6-7,10,15H,3-5,8H2,1-2H3/t15-/m0/s1. The van der Waals surface area contributed by atoms with Crippen LogP contribution in [0, 0.1) is 25.2 Å². The first-order valence-electron chi connectivity index (χ1n) is 7.71. The second-order valence-electron chi connectivity index (χ2n) is 5.78. The third-order valence-electron chi connectivity index (χ3n) is 4.11. The topological polar surface area (TPSA) is 69.9 Å². The fraction of sp³-hybridized carbons (Fsp3) is 0.412. The molecule has 0 radical (unpaired) electrons. The van der Waals surface area contributed by atoms with Gasteiger partial charge in [-0.2, -0.15) is 5.26 Å². The summed E-state index contributed by atoms with van der Waals surface area (Å²) in [5.74, 6) is -0.0739. The van der Waals surface area contributed by atoms with Crippen LogP contribution in [0.5, 0.6) is 0 Å². The van der Waals surface area contributed by atoms with Gasteiger partial charge in [-0.1, -0.05) is 0 Å². The highest BCUT2D eigenvalue weighted by molar-refractivity contribution is 7.09.